The number of hydrogen-bond acceptors (Lipinski definition) is 4. The van der Waals surface area contributed by atoms with Crippen LogP contribution in [0.2, 0.25) is 0 Å². The molecule has 0 saturated carbocycles. The van der Waals surface area contributed by atoms with Crippen LogP contribution >= 0.6 is 0 Å². The van der Waals surface area contributed by atoms with Gasteiger partial charge in [-0.15, -0.1) is 0 Å². The van der Waals surface area contributed by atoms with Crippen LogP contribution in [-0.4, -0.2) is 36.8 Å². The first kappa shape index (κ1) is 17.0. The molecule has 1 aromatic rings. The molecule has 0 spiro atoms. The lowest BCUT2D eigenvalue weighted by atomic mass is 10.1. The minimum absolute atomic E-state index is 0.0636. The van der Waals surface area contributed by atoms with Crippen molar-refractivity contribution in [2.75, 3.05) is 13.2 Å². The largest absolute Gasteiger partial charge is 0.484 e. The summed E-state index contributed by atoms with van der Waals surface area (Å²) < 4.78 is 5.39. The highest BCUT2D eigenvalue weighted by atomic mass is 16.5. The maximum atomic E-state index is 11.9. The average molecular weight is 318 g/mol. The molecular formula is C17H22N2O4. The lowest BCUT2D eigenvalue weighted by Gasteiger charge is -2.15. The van der Waals surface area contributed by atoms with E-state index in [9.17, 15) is 14.4 Å². The molecule has 6 nitrogen and oxygen atoms in total. The summed E-state index contributed by atoms with van der Waals surface area (Å²) in [6, 6.07) is 6.19. The molecule has 0 aliphatic carbocycles. The molecule has 2 amide bonds. The fraction of sp³-hybridized carbons (Fsp3) is 0.471. The maximum absolute atomic E-state index is 11.9. The van der Waals surface area contributed by atoms with Gasteiger partial charge in [0.15, 0.2) is 12.4 Å². The van der Waals surface area contributed by atoms with Crippen LogP contribution < -0.4 is 15.4 Å². The number of benzene rings is 1. The van der Waals surface area contributed by atoms with E-state index in [1.54, 1.807) is 31.2 Å². The molecule has 1 aromatic carbocycles. The molecule has 1 aliphatic heterocycles. The first-order valence-corrected chi connectivity index (χ1v) is 7.93. The van der Waals surface area contributed by atoms with Gasteiger partial charge in [0, 0.05) is 18.5 Å². The fourth-order valence-corrected chi connectivity index (χ4v) is 2.40. The van der Waals surface area contributed by atoms with Gasteiger partial charge in [0.25, 0.3) is 5.91 Å². The summed E-state index contributed by atoms with van der Waals surface area (Å²) in [5.41, 5.74) is 0.624. The Bertz CT molecular complexity index is 568. The van der Waals surface area contributed by atoms with E-state index in [0.29, 0.717) is 30.7 Å². The number of nitrogens with one attached hydrogen (secondary N) is 2. The third kappa shape index (κ3) is 5.09. The molecule has 0 bridgehead atoms. The molecule has 1 saturated heterocycles. The highest BCUT2D eigenvalue weighted by Gasteiger charge is 2.22. The van der Waals surface area contributed by atoms with E-state index >= 15 is 0 Å². The Morgan fingerprint density at radius 3 is 2.70 bits per heavy atom. The topological polar surface area (TPSA) is 84.5 Å². The number of ketones is 1. The Hall–Kier alpha value is -2.37. The van der Waals surface area contributed by atoms with Crippen molar-refractivity contribution in [3.05, 3.63) is 29.8 Å². The Kier molecular flexibility index (Phi) is 6.14. The van der Waals surface area contributed by atoms with E-state index < -0.39 is 6.04 Å². The maximum Gasteiger partial charge on any atom is 0.258 e. The molecule has 1 heterocycles. The number of Topliss-reactive ketones (excluding diaryl/α,β-unsaturated/α-hetero) is 1. The first-order chi connectivity index (χ1) is 11.1. The Balaban J connectivity index is 1.81. The first-order valence-electron chi connectivity index (χ1n) is 7.93. The van der Waals surface area contributed by atoms with Crippen molar-refractivity contribution < 1.29 is 19.1 Å². The summed E-state index contributed by atoms with van der Waals surface area (Å²) in [5.74, 6) is 0.103. The van der Waals surface area contributed by atoms with Gasteiger partial charge in [0.05, 0.1) is 0 Å². The third-order valence-electron chi connectivity index (χ3n) is 3.74. The molecular weight excluding hydrogens is 296 g/mol. The summed E-state index contributed by atoms with van der Waals surface area (Å²) in [6.45, 7) is 2.30. The predicted octanol–water partition coefficient (Wildman–Crippen LogP) is 1.44. The van der Waals surface area contributed by atoms with Crippen molar-refractivity contribution in [3.63, 3.8) is 0 Å². The summed E-state index contributed by atoms with van der Waals surface area (Å²) in [6.07, 6.45) is 2.92. The van der Waals surface area contributed by atoms with Gasteiger partial charge < -0.3 is 15.4 Å². The van der Waals surface area contributed by atoms with E-state index in [0.717, 1.165) is 12.8 Å². The van der Waals surface area contributed by atoms with Gasteiger partial charge in [-0.1, -0.05) is 6.92 Å². The second-order valence-electron chi connectivity index (χ2n) is 5.50. The molecule has 1 atom stereocenters. The lowest BCUT2D eigenvalue weighted by Crippen LogP contribution is -2.46. The lowest BCUT2D eigenvalue weighted by molar-refractivity contribution is -0.129. The molecule has 2 rings (SSSR count). The number of carbonyl (C=O) groups is 3. The second-order valence-corrected chi connectivity index (χ2v) is 5.50. The van der Waals surface area contributed by atoms with Gasteiger partial charge in [-0.05, 0) is 43.5 Å². The van der Waals surface area contributed by atoms with Gasteiger partial charge >= 0.3 is 0 Å². The van der Waals surface area contributed by atoms with Gasteiger partial charge in [-0.2, -0.15) is 0 Å². The molecule has 6 heteroatoms. The molecule has 0 aromatic heterocycles. The van der Waals surface area contributed by atoms with Crippen molar-refractivity contribution >= 4 is 17.6 Å². The number of carbonyl (C=O) groups excluding carboxylic acids is 3. The van der Waals surface area contributed by atoms with E-state index in [1.807, 2.05) is 0 Å². The van der Waals surface area contributed by atoms with Gasteiger partial charge in [0.1, 0.15) is 11.8 Å². The van der Waals surface area contributed by atoms with Crippen LogP contribution in [0.4, 0.5) is 0 Å². The van der Waals surface area contributed by atoms with Crippen LogP contribution in [0.5, 0.6) is 5.75 Å². The highest BCUT2D eigenvalue weighted by Crippen LogP contribution is 2.13. The van der Waals surface area contributed by atoms with Crippen LogP contribution in [0.25, 0.3) is 0 Å². The summed E-state index contributed by atoms with van der Waals surface area (Å²) in [4.78, 5) is 35.2. The monoisotopic (exact) mass is 318 g/mol. The zero-order valence-corrected chi connectivity index (χ0v) is 13.3. The highest BCUT2D eigenvalue weighted by molar-refractivity contribution is 5.95. The molecule has 1 fully saturated rings. The number of amides is 2. The quantitative estimate of drug-likeness (QED) is 0.777. The smallest absolute Gasteiger partial charge is 0.258 e. The Morgan fingerprint density at radius 1 is 1.26 bits per heavy atom. The van der Waals surface area contributed by atoms with Gasteiger partial charge in [-0.25, -0.2) is 0 Å². The van der Waals surface area contributed by atoms with E-state index in [-0.39, 0.29) is 24.2 Å². The van der Waals surface area contributed by atoms with Crippen molar-refractivity contribution in [3.8, 4) is 5.75 Å². The number of hydrogen-bond donors (Lipinski definition) is 2. The van der Waals surface area contributed by atoms with Gasteiger partial charge in [0.2, 0.25) is 5.91 Å². The summed E-state index contributed by atoms with van der Waals surface area (Å²) in [5, 5.41) is 5.46. The molecule has 0 radical (unpaired) electrons. The SMILES string of the molecule is CCC(=O)c1ccc(OCC(=O)N[C@H]2CCCCNC2=O)cc1. The van der Waals surface area contributed by atoms with Crippen molar-refractivity contribution in [1.29, 1.82) is 0 Å². The zero-order chi connectivity index (χ0) is 16.7. The van der Waals surface area contributed by atoms with Crippen LogP contribution in [0.1, 0.15) is 43.0 Å². The average Bonchev–Trinajstić information content (AvgIpc) is 2.77. The van der Waals surface area contributed by atoms with Crippen LogP contribution in [-0.2, 0) is 9.59 Å². The van der Waals surface area contributed by atoms with Crippen molar-refractivity contribution in [2.45, 2.75) is 38.6 Å². The molecule has 0 unspecified atom stereocenters. The van der Waals surface area contributed by atoms with Crippen LogP contribution in [0, 0.1) is 0 Å². The Labute approximate surface area is 135 Å². The summed E-state index contributed by atoms with van der Waals surface area (Å²) in [7, 11) is 0. The van der Waals surface area contributed by atoms with Crippen molar-refractivity contribution in [1.82, 2.24) is 10.6 Å². The predicted molar refractivity (Wildman–Crippen MR) is 85.3 cm³/mol. The number of ether oxygens (including phenoxy) is 1. The van der Waals surface area contributed by atoms with Crippen LogP contribution in [0.3, 0.4) is 0 Å². The van der Waals surface area contributed by atoms with Crippen molar-refractivity contribution in [2.24, 2.45) is 0 Å². The van der Waals surface area contributed by atoms with E-state index in [2.05, 4.69) is 10.6 Å². The molecule has 2 N–H and O–H groups in total. The van der Waals surface area contributed by atoms with E-state index in [1.165, 1.54) is 0 Å². The van der Waals surface area contributed by atoms with Crippen LogP contribution in [0.15, 0.2) is 24.3 Å². The minimum Gasteiger partial charge on any atom is -0.484 e. The fourth-order valence-electron chi connectivity index (χ4n) is 2.40. The van der Waals surface area contributed by atoms with E-state index in [4.69, 9.17) is 4.74 Å². The zero-order valence-electron chi connectivity index (χ0n) is 13.3. The Morgan fingerprint density at radius 2 is 2.00 bits per heavy atom. The minimum atomic E-state index is -0.488. The summed E-state index contributed by atoms with van der Waals surface area (Å²) >= 11 is 0. The molecule has 23 heavy (non-hydrogen) atoms. The second kappa shape index (κ2) is 8.31. The van der Waals surface area contributed by atoms with Gasteiger partial charge in [-0.3, -0.25) is 14.4 Å². The normalized spacial score (nSPS) is 17.8. The standard InChI is InChI=1S/C17H22N2O4/c1-2-15(20)12-6-8-13(9-7-12)23-11-16(21)19-14-5-3-4-10-18-17(14)22/h6-9,14H,2-5,10-11H2,1H3,(H,18,22)(H,19,21)/t14-/m0/s1. The number of rotatable bonds is 6. The third-order valence-corrected chi connectivity index (χ3v) is 3.74. The molecule has 1 aliphatic rings. The molecule has 124 valence electrons.